The van der Waals surface area contributed by atoms with Gasteiger partial charge in [-0.05, 0) is 37.0 Å². The number of quaternary nitrogens is 1. The van der Waals surface area contributed by atoms with Gasteiger partial charge in [0.25, 0.3) is 0 Å². The van der Waals surface area contributed by atoms with Crippen molar-refractivity contribution in [2.75, 3.05) is 31.5 Å². The summed E-state index contributed by atoms with van der Waals surface area (Å²) in [6.45, 7) is 5.91. The fraction of sp³-hybridized carbons (Fsp3) is 0.500. The van der Waals surface area contributed by atoms with E-state index in [2.05, 4.69) is 10.6 Å². The van der Waals surface area contributed by atoms with Crippen LogP contribution in [0.1, 0.15) is 51.5 Å². The molecule has 2 atom stereocenters. The van der Waals surface area contributed by atoms with Crippen molar-refractivity contribution in [2.24, 2.45) is 5.73 Å². The number of aliphatic carboxylic acids is 1. The summed E-state index contributed by atoms with van der Waals surface area (Å²) in [6.07, 6.45) is 1.73. The summed E-state index contributed by atoms with van der Waals surface area (Å²) >= 11 is 0. The Morgan fingerprint density at radius 3 is 2.34 bits per heavy atom. The normalized spacial score (nSPS) is 19.8. The molecule has 1 heterocycles. The van der Waals surface area contributed by atoms with Crippen molar-refractivity contribution in [3.8, 4) is 0 Å². The summed E-state index contributed by atoms with van der Waals surface area (Å²) in [6, 6.07) is 6.53. The smallest absolute Gasteiger partial charge is 0.432 e. The Morgan fingerprint density at radius 1 is 1.16 bits per heavy atom. The third-order valence-corrected chi connectivity index (χ3v) is 5.46. The molecular formula is C22H33N5O5. The fourth-order valence-electron chi connectivity index (χ4n) is 3.70. The summed E-state index contributed by atoms with van der Waals surface area (Å²) < 4.78 is -1.57. The van der Waals surface area contributed by atoms with Crippen LogP contribution < -0.4 is 16.4 Å². The molecule has 10 nitrogen and oxygen atoms in total. The van der Waals surface area contributed by atoms with Gasteiger partial charge in [-0.3, -0.25) is 4.79 Å². The third-order valence-electron chi connectivity index (χ3n) is 5.46. The van der Waals surface area contributed by atoms with Crippen LogP contribution in [0, 0.1) is 5.21 Å². The van der Waals surface area contributed by atoms with Crippen molar-refractivity contribution in [3.63, 3.8) is 0 Å². The van der Waals surface area contributed by atoms with E-state index in [-0.39, 0.29) is 37.1 Å². The minimum Gasteiger partial charge on any atom is -0.616 e. The minimum absolute atomic E-state index is 0.00797. The molecule has 1 aliphatic heterocycles. The maximum Gasteiger partial charge on any atom is 0.432 e. The molecule has 0 radical (unpaired) electrons. The third kappa shape index (κ3) is 5.38. The predicted molar refractivity (Wildman–Crippen MR) is 121 cm³/mol. The van der Waals surface area contributed by atoms with E-state index in [1.54, 1.807) is 19.1 Å². The number of amides is 3. The first-order valence-electron chi connectivity index (χ1n) is 10.9. The molecule has 0 aliphatic carbocycles. The van der Waals surface area contributed by atoms with Crippen LogP contribution in [0.3, 0.4) is 0 Å². The molecule has 2 rings (SSSR count). The molecule has 2 unspecified atom stereocenters. The molecule has 1 aliphatic rings. The second-order valence-corrected chi connectivity index (χ2v) is 7.82. The minimum atomic E-state index is -1.57. The van der Waals surface area contributed by atoms with Crippen molar-refractivity contribution in [1.82, 2.24) is 10.2 Å². The zero-order valence-electron chi connectivity index (χ0n) is 18.9. The Kier molecular flexibility index (Phi) is 8.62. The van der Waals surface area contributed by atoms with Gasteiger partial charge in [0.2, 0.25) is 0 Å². The number of carbonyl (C=O) groups excluding carboxylic acids is 2. The van der Waals surface area contributed by atoms with E-state index in [1.807, 2.05) is 26.0 Å². The Bertz CT molecular complexity index is 870. The number of rotatable bonds is 12. The highest BCUT2D eigenvalue weighted by atomic mass is 16.6. The number of carboxylic acids is 1. The van der Waals surface area contributed by atoms with E-state index in [9.17, 15) is 19.6 Å². The number of nitrogens with two attached hydrogens (primary N) is 1. The lowest BCUT2D eigenvalue weighted by Crippen LogP contribution is -2.64. The van der Waals surface area contributed by atoms with E-state index in [1.165, 1.54) is 4.90 Å². The molecule has 1 aromatic rings. The molecule has 0 fully saturated rings. The first-order chi connectivity index (χ1) is 15.2. The van der Waals surface area contributed by atoms with Gasteiger partial charge in [0.1, 0.15) is 12.4 Å². The van der Waals surface area contributed by atoms with E-state index in [0.29, 0.717) is 25.1 Å². The Labute approximate surface area is 188 Å². The Hall–Kier alpha value is -3.11. The van der Waals surface area contributed by atoms with Crippen LogP contribution in [-0.2, 0) is 9.59 Å². The van der Waals surface area contributed by atoms with Gasteiger partial charge in [0.15, 0.2) is 5.70 Å². The molecule has 32 heavy (non-hydrogen) atoms. The quantitative estimate of drug-likeness (QED) is 0.282. The van der Waals surface area contributed by atoms with Crippen LogP contribution in [-0.4, -0.2) is 58.7 Å². The van der Waals surface area contributed by atoms with Gasteiger partial charge in [-0.1, -0.05) is 32.9 Å². The average molecular weight is 448 g/mol. The van der Waals surface area contributed by atoms with E-state index < -0.39 is 22.6 Å². The molecule has 0 bridgehead atoms. The first kappa shape index (κ1) is 25.2. The van der Waals surface area contributed by atoms with Crippen molar-refractivity contribution in [2.45, 2.75) is 46.0 Å². The molecule has 10 heteroatoms. The maximum atomic E-state index is 13.2. The molecule has 5 N–H and O–H groups in total. The summed E-state index contributed by atoms with van der Waals surface area (Å²) in [5, 5.41) is 27.8. The fourth-order valence-corrected chi connectivity index (χ4v) is 3.70. The highest BCUT2D eigenvalue weighted by molar-refractivity contribution is 5.98. The zero-order valence-corrected chi connectivity index (χ0v) is 18.9. The van der Waals surface area contributed by atoms with Gasteiger partial charge < -0.3 is 26.7 Å². The number of nitrogens with zero attached hydrogens (tertiary/aromatic N) is 2. The highest BCUT2D eigenvalue weighted by Gasteiger charge is 2.48. The summed E-state index contributed by atoms with van der Waals surface area (Å²) in [5.41, 5.74) is 7.81. The lowest BCUT2D eigenvalue weighted by atomic mass is 9.96. The number of carboxylic acid groups (broad SMARTS) is 1. The highest BCUT2D eigenvalue weighted by Crippen LogP contribution is 2.27. The van der Waals surface area contributed by atoms with Gasteiger partial charge in [-0.2, -0.15) is 0 Å². The zero-order chi connectivity index (χ0) is 23.9. The van der Waals surface area contributed by atoms with Gasteiger partial charge in [-0.15, -0.1) is 0 Å². The van der Waals surface area contributed by atoms with E-state index in [4.69, 9.17) is 10.8 Å². The van der Waals surface area contributed by atoms with Crippen molar-refractivity contribution < 1.29 is 24.1 Å². The van der Waals surface area contributed by atoms with Crippen LogP contribution in [0.2, 0.25) is 0 Å². The Morgan fingerprint density at radius 2 is 1.81 bits per heavy atom. The van der Waals surface area contributed by atoms with E-state index in [0.717, 1.165) is 12.0 Å². The lowest BCUT2D eigenvalue weighted by Gasteiger charge is -2.43. The summed E-state index contributed by atoms with van der Waals surface area (Å²) in [5.74, 6) is -1.80. The van der Waals surface area contributed by atoms with Gasteiger partial charge in [-0.25, -0.2) is 19.1 Å². The maximum absolute atomic E-state index is 13.2. The summed E-state index contributed by atoms with van der Waals surface area (Å²) in [4.78, 5) is 37.6. The monoisotopic (exact) mass is 447 g/mol. The van der Waals surface area contributed by atoms with Crippen molar-refractivity contribution in [1.29, 1.82) is 0 Å². The lowest BCUT2D eigenvalue weighted by molar-refractivity contribution is -0.723. The summed E-state index contributed by atoms with van der Waals surface area (Å²) in [7, 11) is 0. The SMILES string of the molecule is CCCN1C(=O)[N+]([O-])(CCC)C(=O)C(NCC(CC)c2ccc(NCC(=O)O)cc2)=C1N. The van der Waals surface area contributed by atoms with E-state index >= 15 is 0 Å². The van der Waals surface area contributed by atoms with Gasteiger partial charge in [0.05, 0.1) is 6.54 Å². The number of hydroxylamine groups is 3. The number of imide groups is 1. The van der Waals surface area contributed by atoms with Gasteiger partial charge >= 0.3 is 17.9 Å². The van der Waals surface area contributed by atoms with Crippen LogP contribution in [0.25, 0.3) is 0 Å². The number of benzene rings is 1. The molecule has 1 aromatic carbocycles. The molecule has 0 aromatic heterocycles. The van der Waals surface area contributed by atoms with Crippen LogP contribution in [0.4, 0.5) is 10.5 Å². The van der Waals surface area contributed by atoms with Crippen LogP contribution in [0.5, 0.6) is 0 Å². The number of carbonyl (C=O) groups is 3. The molecule has 3 amide bonds. The number of nitrogens with one attached hydrogen (secondary N) is 2. The number of hydrogen-bond acceptors (Lipinski definition) is 7. The molecule has 0 saturated heterocycles. The van der Waals surface area contributed by atoms with Crippen LogP contribution in [0.15, 0.2) is 35.8 Å². The predicted octanol–water partition coefficient (Wildman–Crippen LogP) is 2.49. The molecule has 0 spiro atoms. The second kappa shape index (κ2) is 11.0. The molecular weight excluding hydrogens is 414 g/mol. The largest absolute Gasteiger partial charge is 0.616 e. The van der Waals surface area contributed by atoms with Crippen LogP contribution >= 0.6 is 0 Å². The number of urea groups is 1. The Balaban J connectivity index is 2.22. The van der Waals surface area contributed by atoms with Crippen molar-refractivity contribution >= 4 is 23.6 Å². The topological polar surface area (TPSA) is 148 Å². The van der Waals surface area contributed by atoms with Gasteiger partial charge in [0, 0.05) is 24.7 Å². The average Bonchev–Trinajstić information content (AvgIpc) is 2.77. The van der Waals surface area contributed by atoms with Crippen molar-refractivity contribution in [3.05, 3.63) is 46.6 Å². The first-order valence-corrected chi connectivity index (χ1v) is 10.9. The number of anilines is 1. The standard InChI is InChI=1S/C22H33N5O5/c1-4-11-26-20(23)19(21(30)27(32,12-5-2)22(26)31)25-13-15(6-3)16-7-9-17(10-8-16)24-14-18(28)29/h7-10,15,24-25H,4-6,11-14,23H2,1-3H3,(H,28,29). The number of hydrogen-bond donors (Lipinski definition) is 4. The second-order valence-electron chi connectivity index (χ2n) is 7.82. The molecule has 0 saturated carbocycles. The molecule has 176 valence electrons.